The zero-order valence-electron chi connectivity index (χ0n) is 11.5. The first-order valence-electron chi connectivity index (χ1n) is 6.48. The van der Waals surface area contributed by atoms with Gasteiger partial charge in [-0.2, -0.15) is 0 Å². The molecule has 6 heteroatoms. The fourth-order valence-electron chi connectivity index (χ4n) is 2.36. The van der Waals surface area contributed by atoms with Gasteiger partial charge in [0.25, 0.3) is 5.91 Å². The minimum absolute atomic E-state index is 0. The Labute approximate surface area is 124 Å². The molecule has 1 heterocycles. The molecule has 1 fully saturated rings. The first-order chi connectivity index (χ1) is 9.11. The van der Waals surface area contributed by atoms with Gasteiger partial charge in [-0.05, 0) is 44.2 Å². The lowest BCUT2D eigenvalue weighted by atomic mass is 10.0. The third-order valence-electron chi connectivity index (χ3n) is 3.53. The van der Waals surface area contributed by atoms with Crippen molar-refractivity contribution < 1.29 is 9.59 Å². The molecule has 1 unspecified atom stereocenters. The third kappa shape index (κ3) is 3.71. The number of benzene rings is 1. The highest BCUT2D eigenvalue weighted by atomic mass is 35.5. The van der Waals surface area contributed by atoms with Gasteiger partial charge in [0.15, 0.2) is 0 Å². The molecule has 1 aromatic carbocycles. The number of halogens is 1. The molecule has 1 saturated heterocycles. The Balaban J connectivity index is 0.00000200. The summed E-state index contributed by atoms with van der Waals surface area (Å²) in [6.45, 7) is 1.52. The van der Waals surface area contributed by atoms with Crippen LogP contribution >= 0.6 is 12.4 Å². The summed E-state index contributed by atoms with van der Waals surface area (Å²) in [5.41, 5.74) is 6.19. The van der Waals surface area contributed by atoms with Crippen molar-refractivity contribution in [3.63, 3.8) is 0 Å². The molecular formula is C14H20ClN3O2. The van der Waals surface area contributed by atoms with Gasteiger partial charge >= 0.3 is 0 Å². The maximum absolute atomic E-state index is 12.3. The van der Waals surface area contributed by atoms with Gasteiger partial charge in [0, 0.05) is 30.3 Å². The molecule has 5 nitrogen and oxygen atoms in total. The molecule has 0 spiro atoms. The zero-order chi connectivity index (χ0) is 13.8. The van der Waals surface area contributed by atoms with E-state index in [9.17, 15) is 9.59 Å². The molecule has 3 N–H and O–H groups in total. The van der Waals surface area contributed by atoms with Crippen LogP contribution in [0.1, 0.15) is 33.6 Å². The lowest BCUT2D eigenvalue weighted by Crippen LogP contribution is -2.46. The number of primary amides is 1. The maximum atomic E-state index is 12.3. The van der Waals surface area contributed by atoms with Crippen molar-refractivity contribution in [3.05, 3.63) is 35.4 Å². The van der Waals surface area contributed by atoms with Crippen LogP contribution in [-0.4, -0.2) is 42.9 Å². The predicted octanol–water partition coefficient (Wildman–Crippen LogP) is 1.03. The quantitative estimate of drug-likeness (QED) is 0.875. The normalized spacial score (nSPS) is 18.2. The van der Waals surface area contributed by atoms with Crippen molar-refractivity contribution in [3.8, 4) is 0 Å². The van der Waals surface area contributed by atoms with E-state index in [2.05, 4.69) is 5.32 Å². The summed E-state index contributed by atoms with van der Waals surface area (Å²) in [6.07, 6.45) is 2.11. The molecule has 110 valence electrons. The van der Waals surface area contributed by atoms with E-state index in [4.69, 9.17) is 5.73 Å². The smallest absolute Gasteiger partial charge is 0.253 e. The lowest BCUT2D eigenvalue weighted by molar-refractivity contribution is 0.0698. The number of hydrogen-bond donors (Lipinski definition) is 2. The molecule has 1 atom stereocenters. The monoisotopic (exact) mass is 297 g/mol. The first-order valence-corrected chi connectivity index (χ1v) is 6.48. The van der Waals surface area contributed by atoms with Crippen LogP contribution in [0, 0.1) is 0 Å². The van der Waals surface area contributed by atoms with E-state index in [1.807, 2.05) is 11.9 Å². The van der Waals surface area contributed by atoms with Crippen LogP contribution in [0.25, 0.3) is 0 Å². The topological polar surface area (TPSA) is 75.4 Å². The molecule has 0 saturated carbocycles. The average Bonchev–Trinajstić information content (AvgIpc) is 2.46. The van der Waals surface area contributed by atoms with Crippen LogP contribution in [0.4, 0.5) is 0 Å². The van der Waals surface area contributed by atoms with Crippen LogP contribution in [0.5, 0.6) is 0 Å². The Hall–Kier alpha value is -1.59. The number of piperidine rings is 1. The number of carbonyl (C=O) groups is 2. The molecule has 20 heavy (non-hydrogen) atoms. The van der Waals surface area contributed by atoms with E-state index >= 15 is 0 Å². The van der Waals surface area contributed by atoms with Gasteiger partial charge in [0.2, 0.25) is 5.91 Å². The van der Waals surface area contributed by atoms with Gasteiger partial charge in [0.1, 0.15) is 0 Å². The molecule has 1 aromatic rings. The molecule has 2 rings (SSSR count). The number of carbonyl (C=O) groups excluding carboxylic acids is 2. The SMILES string of the molecule is CNC1CCCN(C(=O)c2ccc(C(N)=O)cc2)C1.Cl. The van der Waals surface area contributed by atoms with E-state index in [0.717, 1.165) is 25.9 Å². The second kappa shape index (κ2) is 7.26. The van der Waals surface area contributed by atoms with Crippen molar-refractivity contribution in [2.75, 3.05) is 20.1 Å². The van der Waals surface area contributed by atoms with E-state index in [1.54, 1.807) is 24.3 Å². The number of likely N-dealkylation sites (tertiary alicyclic amines) is 1. The molecular weight excluding hydrogens is 278 g/mol. The number of nitrogens with one attached hydrogen (secondary N) is 1. The predicted molar refractivity (Wildman–Crippen MR) is 80.2 cm³/mol. The van der Waals surface area contributed by atoms with Crippen molar-refractivity contribution in [1.82, 2.24) is 10.2 Å². The van der Waals surface area contributed by atoms with Crippen LogP contribution in [-0.2, 0) is 0 Å². The Bertz CT molecular complexity index is 476. The number of rotatable bonds is 3. The number of likely N-dealkylation sites (N-methyl/N-ethyl adjacent to an activating group) is 1. The Kier molecular flexibility index (Phi) is 5.98. The lowest BCUT2D eigenvalue weighted by Gasteiger charge is -2.32. The standard InChI is InChI=1S/C14H19N3O2.ClH/c1-16-12-3-2-8-17(9-12)14(19)11-6-4-10(5-7-11)13(15)18;/h4-7,12,16H,2-3,8-9H2,1H3,(H2,15,18);1H. The molecule has 1 aliphatic heterocycles. The summed E-state index contributed by atoms with van der Waals surface area (Å²) in [5, 5.41) is 3.21. The molecule has 1 aliphatic rings. The summed E-state index contributed by atoms with van der Waals surface area (Å²) in [5.74, 6) is -0.469. The van der Waals surface area contributed by atoms with Crippen molar-refractivity contribution in [2.24, 2.45) is 5.73 Å². The van der Waals surface area contributed by atoms with E-state index in [0.29, 0.717) is 17.2 Å². The Morgan fingerprint density at radius 1 is 1.25 bits per heavy atom. The van der Waals surface area contributed by atoms with E-state index < -0.39 is 5.91 Å². The van der Waals surface area contributed by atoms with Crippen LogP contribution in [0.2, 0.25) is 0 Å². The van der Waals surface area contributed by atoms with Crippen LogP contribution in [0.15, 0.2) is 24.3 Å². The summed E-state index contributed by atoms with van der Waals surface area (Å²) in [6, 6.07) is 6.86. The fraction of sp³-hybridized carbons (Fsp3) is 0.429. The minimum atomic E-state index is -0.479. The highest BCUT2D eigenvalue weighted by molar-refractivity contribution is 5.97. The maximum Gasteiger partial charge on any atom is 0.253 e. The highest BCUT2D eigenvalue weighted by Gasteiger charge is 2.23. The van der Waals surface area contributed by atoms with E-state index in [1.165, 1.54) is 0 Å². The van der Waals surface area contributed by atoms with Gasteiger partial charge in [0.05, 0.1) is 0 Å². The number of nitrogens with zero attached hydrogens (tertiary/aromatic N) is 1. The second-order valence-electron chi connectivity index (χ2n) is 4.82. The average molecular weight is 298 g/mol. The molecule has 0 bridgehead atoms. The fourth-order valence-corrected chi connectivity index (χ4v) is 2.36. The van der Waals surface area contributed by atoms with Gasteiger partial charge in [-0.25, -0.2) is 0 Å². The van der Waals surface area contributed by atoms with Crippen molar-refractivity contribution >= 4 is 24.2 Å². The summed E-state index contributed by atoms with van der Waals surface area (Å²) in [7, 11) is 1.92. The number of nitrogens with two attached hydrogens (primary N) is 1. The first kappa shape index (κ1) is 16.5. The largest absolute Gasteiger partial charge is 0.366 e. The summed E-state index contributed by atoms with van der Waals surface area (Å²) >= 11 is 0. The van der Waals surface area contributed by atoms with Crippen molar-refractivity contribution in [2.45, 2.75) is 18.9 Å². The van der Waals surface area contributed by atoms with E-state index in [-0.39, 0.29) is 18.3 Å². The highest BCUT2D eigenvalue weighted by Crippen LogP contribution is 2.14. The minimum Gasteiger partial charge on any atom is -0.366 e. The molecule has 0 aromatic heterocycles. The summed E-state index contributed by atoms with van der Waals surface area (Å²) in [4.78, 5) is 25.2. The zero-order valence-corrected chi connectivity index (χ0v) is 12.3. The molecule has 0 radical (unpaired) electrons. The number of hydrogen-bond acceptors (Lipinski definition) is 3. The second-order valence-corrected chi connectivity index (χ2v) is 4.82. The van der Waals surface area contributed by atoms with Gasteiger partial charge in [-0.3, -0.25) is 9.59 Å². The summed E-state index contributed by atoms with van der Waals surface area (Å²) < 4.78 is 0. The molecule has 2 amide bonds. The molecule has 0 aliphatic carbocycles. The number of amides is 2. The van der Waals surface area contributed by atoms with Crippen LogP contribution in [0.3, 0.4) is 0 Å². The van der Waals surface area contributed by atoms with Crippen LogP contribution < -0.4 is 11.1 Å². The Morgan fingerprint density at radius 3 is 2.40 bits per heavy atom. The van der Waals surface area contributed by atoms with Gasteiger partial charge in [-0.15, -0.1) is 12.4 Å². The third-order valence-corrected chi connectivity index (χ3v) is 3.53. The Morgan fingerprint density at radius 2 is 1.85 bits per heavy atom. The van der Waals surface area contributed by atoms with Crippen molar-refractivity contribution in [1.29, 1.82) is 0 Å². The van der Waals surface area contributed by atoms with Gasteiger partial charge < -0.3 is 16.0 Å². The van der Waals surface area contributed by atoms with Gasteiger partial charge in [-0.1, -0.05) is 0 Å².